The van der Waals surface area contributed by atoms with Crippen LogP contribution in [0.3, 0.4) is 0 Å². The van der Waals surface area contributed by atoms with Crippen LogP contribution in [0.5, 0.6) is 11.5 Å². The van der Waals surface area contributed by atoms with Crippen molar-refractivity contribution in [3.8, 4) is 34.0 Å². The minimum Gasteiger partial charge on any atom is -0.457 e. The first-order valence-corrected chi connectivity index (χ1v) is 12.0. The molecule has 6 heteroatoms. The number of benzene rings is 4. The van der Waals surface area contributed by atoms with E-state index in [2.05, 4.69) is 16.4 Å². The quantitative estimate of drug-likeness (QED) is 0.251. The molecule has 4 aromatic carbocycles. The largest absolute Gasteiger partial charge is 0.457 e. The Labute approximate surface area is 215 Å². The number of carbonyl (C=O) groups excluding carboxylic acids is 1. The summed E-state index contributed by atoms with van der Waals surface area (Å²) in [6.07, 6.45) is 1.76. The number of carbonyl (C=O) groups is 1. The Kier molecular flexibility index (Phi) is 6.90. The van der Waals surface area contributed by atoms with Crippen LogP contribution in [0, 0.1) is 6.92 Å². The second-order valence-electron chi connectivity index (χ2n) is 8.73. The van der Waals surface area contributed by atoms with E-state index in [1.807, 2.05) is 104 Å². The molecule has 0 spiro atoms. The van der Waals surface area contributed by atoms with E-state index in [9.17, 15) is 4.79 Å². The lowest BCUT2D eigenvalue weighted by Gasteiger charge is -2.12. The van der Waals surface area contributed by atoms with Gasteiger partial charge in [-0.2, -0.15) is 0 Å². The highest BCUT2D eigenvalue weighted by molar-refractivity contribution is 5.92. The summed E-state index contributed by atoms with van der Waals surface area (Å²) < 4.78 is 5.89. The minimum atomic E-state index is -0.197. The average molecular weight is 487 g/mol. The van der Waals surface area contributed by atoms with Gasteiger partial charge in [0.1, 0.15) is 11.5 Å². The highest BCUT2D eigenvalue weighted by Gasteiger charge is 2.14. The number of ether oxygens (including phenoxy) is 1. The van der Waals surface area contributed by atoms with Crippen LogP contribution in [-0.2, 0) is 11.2 Å². The van der Waals surface area contributed by atoms with E-state index in [4.69, 9.17) is 15.5 Å². The van der Waals surface area contributed by atoms with Gasteiger partial charge in [-0.15, -0.1) is 0 Å². The molecule has 0 saturated carbocycles. The first kappa shape index (κ1) is 23.8. The molecule has 0 atom stereocenters. The number of para-hydroxylation sites is 1. The van der Waals surface area contributed by atoms with Crippen molar-refractivity contribution < 1.29 is 9.53 Å². The van der Waals surface area contributed by atoms with E-state index in [0.29, 0.717) is 22.9 Å². The standard InChI is InChI=1S/C31H26N4O2/c1-21-7-5-9-24(17-21)30-31(23-13-15-25(32)16-14-23)35-28(20-33-30)34-29(36)19-22-8-6-12-27(18-22)37-26-10-3-2-4-11-26/h2-18,20H,19,32H2,1H3,(H,34,35,36). The summed E-state index contributed by atoms with van der Waals surface area (Å²) in [6.45, 7) is 2.04. The number of nitrogens with zero attached hydrogens (tertiary/aromatic N) is 2. The summed E-state index contributed by atoms with van der Waals surface area (Å²) in [6, 6.07) is 32.6. The van der Waals surface area contributed by atoms with Crippen molar-refractivity contribution in [1.82, 2.24) is 9.97 Å². The van der Waals surface area contributed by atoms with Crippen molar-refractivity contribution in [2.24, 2.45) is 0 Å². The van der Waals surface area contributed by atoms with Gasteiger partial charge in [-0.1, -0.05) is 66.2 Å². The molecule has 1 heterocycles. The minimum absolute atomic E-state index is 0.171. The van der Waals surface area contributed by atoms with Gasteiger partial charge in [0.2, 0.25) is 5.91 Å². The average Bonchev–Trinajstić information content (AvgIpc) is 2.90. The van der Waals surface area contributed by atoms with Crippen LogP contribution in [0.25, 0.3) is 22.5 Å². The molecule has 0 fully saturated rings. The van der Waals surface area contributed by atoms with E-state index in [-0.39, 0.29) is 12.3 Å². The van der Waals surface area contributed by atoms with Crippen molar-refractivity contribution in [2.75, 3.05) is 11.1 Å². The smallest absolute Gasteiger partial charge is 0.229 e. The van der Waals surface area contributed by atoms with Crippen molar-refractivity contribution in [2.45, 2.75) is 13.3 Å². The fraction of sp³-hybridized carbons (Fsp3) is 0.0645. The number of nitrogens with one attached hydrogen (secondary N) is 1. The Bertz CT molecular complexity index is 1530. The van der Waals surface area contributed by atoms with Crippen LogP contribution >= 0.6 is 0 Å². The number of hydrogen-bond acceptors (Lipinski definition) is 5. The molecule has 0 saturated heterocycles. The normalized spacial score (nSPS) is 10.6. The molecule has 3 N–H and O–H groups in total. The number of aryl methyl sites for hydroxylation is 1. The van der Waals surface area contributed by atoms with Crippen LogP contribution in [0.4, 0.5) is 11.5 Å². The molecular formula is C31H26N4O2. The second kappa shape index (κ2) is 10.7. The molecule has 0 bridgehead atoms. The first-order valence-electron chi connectivity index (χ1n) is 12.0. The summed E-state index contributed by atoms with van der Waals surface area (Å²) in [5.41, 5.74) is 11.7. The predicted molar refractivity (Wildman–Crippen MR) is 147 cm³/mol. The number of nitrogen functional groups attached to an aromatic ring is 1. The molecule has 0 aliphatic heterocycles. The lowest BCUT2D eigenvalue weighted by Crippen LogP contribution is -2.16. The number of anilines is 2. The second-order valence-corrected chi connectivity index (χ2v) is 8.73. The number of aromatic nitrogens is 2. The summed E-state index contributed by atoms with van der Waals surface area (Å²) in [7, 11) is 0. The van der Waals surface area contributed by atoms with E-state index in [0.717, 1.165) is 33.7 Å². The topological polar surface area (TPSA) is 90.1 Å². The molecule has 0 radical (unpaired) electrons. The molecule has 0 aliphatic carbocycles. The third-order valence-corrected chi connectivity index (χ3v) is 5.76. The molecule has 1 amide bonds. The SMILES string of the molecule is Cc1cccc(-c2ncc(NC(=O)Cc3cccc(Oc4ccccc4)c3)nc2-c2ccc(N)cc2)c1. The summed E-state index contributed by atoms with van der Waals surface area (Å²) >= 11 is 0. The Balaban J connectivity index is 1.37. The zero-order valence-electron chi connectivity index (χ0n) is 20.4. The van der Waals surface area contributed by atoms with Crippen LogP contribution in [0.2, 0.25) is 0 Å². The molecular weight excluding hydrogens is 460 g/mol. The van der Waals surface area contributed by atoms with Gasteiger partial charge in [-0.05, 0) is 55.0 Å². The van der Waals surface area contributed by atoms with E-state index in [1.165, 1.54) is 0 Å². The van der Waals surface area contributed by atoms with Crippen molar-refractivity contribution in [3.63, 3.8) is 0 Å². The number of hydrogen-bond donors (Lipinski definition) is 2. The molecule has 0 aliphatic rings. The predicted octanol–water partition coefficient (Wildman–Crippen LogP) is 6.67. The molecule has 1 aromatic heterocycles. The van der Waals surface area contributed by atoms with Crippen molar-refractivity contribution >= 4 is 17.4 Å². The van der Waals surface area contributed by atoms with Gasteiger partial charge in [0.15, 0.2) is 5.82 Å². The van der Waals surface area contributed by atoms with Crippen molar-refractivity contribution in [1.29, 1.82) is 0 Å². The van der Waals surface area contributed by atoms with Crippen molar-refractivity contribution in [3.05, 3.63) is 120 Å². The molecule has 0 unspecified atom stereocenters. The zero-order valence-corrected chi connectivity index (χ0v) is 20.4. The first-order chi connectivity index (χ1) is 18.0. The summed E-state index contributed by atoms with van der Waals surface area (Å²) in [5.74, 6) is 1.59. The zero-order chi connectivity index (χ0) is 25.6. The van der Waals surface area contributed by atoms with Crippen LogP contribution < -0.4 is 15.8 Å². The third kappa shape index (κ3) is 6.00. The summed E-state index contributed by atoms with van der Waals surface area (Å²) in [5, 5.41) is 2.89. The van der Waals surface area contributed by atoms with E-state index < -0.39 is 0 Å². The number of rotatable bonds is 7. The maximum Gasteiger partial charge on any atom is 0.229 e. The fourth-order valence-electron chi connectivity index (χ4n) is 4.01. The van der Waals surface area contributed by atoms with Gasteiger partial charge in [0.25, 0.3) is 0 Å². The van der Waals surface area contributed by atoms with Gasteiger partial charge in [-0.3, -0.25) is 9.78 Å². The molecule has 5 rings (SSSR count). The van der Waals surface area contributed by atoms with Gasteiger partial charge in [0.05, 0.1) is 24.0 Å². The highest BCUT2D eigenvalue weighted by Crippen LogP contribution is 2.31. The maximum absolute atomic E-state index is 12.9. The lowest BCUT2D eigenvalue weighted by molar-refractivity contribution is -0.115. The maximum atomic E-state index is 12.9. The summed E-state index contributed by atoms with van der Waals surface area (Å²) in [4.78, 5) is 22.4. The van der Waals surface area contributed by atoms with E-state index >= 15 is 0 Å². The van der Waals surface area contributed by atoms with Crippen LogP contribution in [-0.4, -0.2) is 15.9 Å². The fourth-order valence-corrected chi connectivity index (χ4v) is 4.01. The van der Waals surface area contributed by atoms with Gasteiger partial charge in [-0.25, -0.2) is 4.98 Å². The Morgan fingerprint density at radius 2 is 1.57 bits per heavy atom. The Morgan fingerprint density at radius 3 is 2.35 bits per heavy atom. The number of nitrogens with two attached hydrogens (primary N) is 1. The van der Waals surface area contributed by atoms with Gasteiger partial charge in [0, 0.05) is 16.8 Å². The Morgan fingerprint density at radius 1 is 0.811 bits per heavy atom. The monoisotopic (exact) mass is 486 g/mol. The van der Waals surface area contributed by atoms with Crippen LogP contribution in [0.1, 0.15) is 11.1 Å². The lowest BCUT2D eigenvalue weighted by atomic mass is 10.0. The molecule has 37 heavy (non-hydrogen) atoms. The van der Waals surface area contributed by atoms with Gasteiger partial charge < -0.3 is 15.8 Å². The Hall–Kier alpha value is -4.97. The van der Waals surface area contributed by atoms with E-state index in [1.54, 1.807) is 6.20 Å². The van der Waals surface area contributed by atoms with Gasteiger partial charge >= 0.3 is 0 Å². The molecule has 5 aromatic rings. The third-order valence-electron chi connectivity index (χ3n) is 5.76. The molecule has 182 valence electrons. The van der Waals surface area contributed by atoms with Crippen LogP contribution in [0.15, 0.2) is 109 Å². The number of amides is 1. The highest BCUT2D eigenvalue weighted by atomic mass is 16.5. The molecule has 6 nitrogen and oxygen atoms in total.